The number of rotatable bonds is 4. The van der Waals surface area contributed by atoms with Crippen LogP contribution in [0.15, 0.2) is 48.5 Å². The van der Waals surface area contributed by atoms with Gasteiger partial charge in [-0.2, -0.15) is 0 Å². The van der Waals surface area contributed by atoms with Crippen LogP contribution >= 0.6 is 11.3 Å². The summed E-state index contributed by atoms with van der Waals surface area (Å²) in [6.45, 7) is 4.52. The molecule has 0 bridgehead atoms. The molecule has 0 amide bonds. The zero-order valence-electron chi connectivity index (χ0n) is 15.7. The molecule has 140 valence electrons. The minimum atomic E-state index is 0.264. The van der Waals surface area contributed by atoms with Crippen molar-refractivity contribution in [1.82, 2.24) is 9.97 Å². The van der Waals surface area contributed by atoms with Crippen LogP contribution in [0.1, 0.15) is 21.8 Å². The maximum Gasteiger partial charge on any atom is 0.231 e. The predicted octanol–water partition coefficient (Wildman–Crippen LogP) is 5.37. The van der Waals surface area contributed by atoms with Crippen LogP contribution in [-0.4, -0.2) is 16.8 Å². The Labute approximate surface area is 167 Å². The van der Waals surface area contributed by atoms with Crippen molar-refractivity contribution in [2.75, 3.05) is 12.1 Å². The second kappa shape index (κ2) is 6.80. The maximum absolute atomic E-state index is 5.50. The fraction of sp³-hybridized carbons (Fsp3) is 0.182. The number of benzene rings is 2. The molecule has 0 radical (unpaired) electrons. The van der Waals surface area contributed by atoms with E-state index in [0.717, 1.165) is 39.0 Å². The first-order chi connectivity index (χ1) is 13.7. The van der Waals surface area contributed by atoms with E-state index < -0.39 is 0 Å². The van der Waals surface area contributed by atoms with Gasteiger partial charge in [0.05, 0.1) is 5.39 Å². The van der Waals surface area contributed by atoms with Gasteiger partial charge in [-0.25, -0.2) is 9.97 Å². The summed E-state index contributed by atoms with van der Waals surface area (Å²) in [6, 6.07) is 16.1. The number of hydrogen-bond acceptors (Lipinski definition) is 6. The summed E-state index contributed by atoms with van der Waals surface area (Å²) in [5, 5.41) is 4.56. The molecule has 4 aromatic rings. The molecule has 1 aliphatic heterocycles. The summed E-state index contributed by atoms with van der Waals surface area (Å²) >= 11 is 1.71. The van der Waals surface area contributed by atoms with Crippen molar-refractivity contribution in [3.8, 4) is 11.5 Å². The monoisotopic (exact) mass is 389 g/mol. The Bertz CT molecular complexity index is 1170. The van der Waals surface area contributed by atoms with Crippen LogP contribution in [0, 0.1) is 13.8 Å². The van der Waals surface area contributed by atoms with Crippen LogP contribution < -0.4 is 14.8 Å². The lowest BCUT2D eigenvalue weighted by atomic mass is 10.1. The molecule has 1 aliphatic rings. The molecule has 1 N–H and O–H groups in total. The zero-order chi connectivity index (χ0) is 19.1. The molecule has 2 aromatic carbocycles. The Morgan fingerprint density at radius 1 is 1.00 bits per heavy atom. The first kappa shape index (κ1) is 17.0. The van der Waals surface area contributed by atoms with Crippen molar-refractivity contribution in [2.24, 2.45) is 0 Å². The third-order valence-electron chi connectivity index (χ3n) is 4.92. The molecule has 5 rings (SSSR count). The van der Waals surface area contributed by atoms with Crippen LogP contribution in [-0.2, 0) is 6.42 Å². The molecule has 0 fully saturated rings. The fourth-order valence-corrected chi connectivity index (χ4v) is 4.40. The second-order valence-electron chi connectivity index (χ2n) is 6.81. The van der Waals surface area contributed by atoms with Crippen molar-refractivity contribution in [2.45, 2.75) is 20.3 Å². The maximum atomic E-state index is 5.50. The Hall–Kier alpha value is -3.12. The summed E-state index contributed by atoms with van der Waals surface area (Å²) in [4.78, 5) is 12.0. The average Bonchev–Trinajstić information content (AvgIpc) is 3.27. The third kappa shape index (κ3) is 3.05. The minimum absolute atomic E-state index is 0.264. The molecule has 28 heavy (non-hydrogen) atoms. The van der Waals surface area contributed by atoms with Crippen molar-refractivity contribution < 1.29 is 9.47 Å². The highest BCUT2D eigenvalue weighted by molar-refractivity contribution is 7.18. The van der Waals surface area contributed by atoms with Gasteiger partial charge in [0.1, 0.15) is 16.5 Å². The fourth-order valence-electron chi connectivity index (χ4n) is 3.35. The van der Waals surface area contributed by atoms with Gasteiger partial charge in [0, 0.05) is 23.1 Å². The number of aryl methyl sites for hydroxylation is 2. The standard InChI is InChI=1S/C22H19N3O2S/c1-13-14(2)28-22-20(13)21(23-16-8-9-17-18(11-16)27-12-26-17)24-19(25-22)10-15-6-4-3-5-7-15/h3-9,11H,10,12H2,1-2H3,(H,23,24,25). The smallest absolute Gasteiger partial charge is 0.231 e. The number of fused-ring (bicyclic) bond motifs is 2. The Morgan fingerprint density at radius 2 is 1.82 bits per heavy atom. The molecule has 0 atom stereocenters. The molecular formula is C22H19N3O2S. The number of thiophene rings is 1. The molecule has 0 unspecified atom stereocenters. The molecule has 5 nitrogen and oxygen atoms in total. The SMILES string of the molecule is Cc1sc2nc(Cc3ccccc3)nc(Nc3ccc4c(c3)OCO4)c2c1C. The van der Waals surface area contributed by atoms with Crippen molar-refractivity contribution >= 4 is 33.1 Å². The molecule has 3 heterocycles. The number of nitrogens with one attached hydrogen (secondary N) is 1. The Kier molecular flexibility index (Phi) is 4.13. The highest BCUT2D eigenvalue weighted by Gasteiger charge is 2.17. The lowest BCUT2D eigenvalue weighted by Crippen LogP contribution is -2.02. The van der Waals surface area contributed by atoms with E-state index in [4.69, 9.17) is 19.4 Å². The Morgan fingerprint density at radius 3 is 2.68 bits per heavy atom. The van der Waals surface area contributed by atoms with Gasteiger partial charge in [0.2, 0.25) is 6.79 Å². The molecule has 6 heteroatoms. The molecule has 0 aliphatic carbocycles. The molecule has 2 aromatic heterocycles. The summed E-state index contributed by atoms with van der Waals surface area (Å²) in [5.41, 5.74) is 3.33. The van der Waals surface area contributed by atoms with E-state index >= 15 is 0 Å². The molecule has 0 saturated carbocycles. The van der Waals surface area contributed by atoms with Gasteiger partial charge in [-0.15, -0.1) is 11.3 Å². The van der Waals surface area contributed by atoms with Gasteiger partial charge in [-0.3, -0.25) is 0 Å². The summed E-state index contributed by atoms with van der Waals surface area (Å²) in [7, 11) is 0. The highest BCUT2D eigenvalue weighted by atomic mass is 32.1. The van der Waals surface area contributed by atoms with E-state index in [1.165, 1.54) is 16.0 Å². The van der Waals surface area contributed by atoms with Crippen LogP contribution in [0.4, 0.5) is 11.5 Å². The minimum Gasteiger partial charge on any atom is -0.454 e. The molecule has 0 spiro atoms. The molecular weight excluding hydrogens is 370 g/mol. The van der Waals surface area contributed by atoms with Crippen molar-refractivity contribution in [3.63, 3.8) is 0 Å². The predicted molar refractivity (Wildman–Crippen MR) is 112 cm³/mol. The van der Waals surface area contributed by atoms with Gasteiger partial charge in [-0.1, -0.05) is 30.3 Å². The van der Waals surface area contributed by atoms with Crippen LogP contribution in [0.2, 0.25) is 0 Å². The third-order valence-corrected chi connectivity index (χ3v) is 6.02. The van der Waals surface area contributed by atoms with Crippen LogP contribution in [0.3, 0.4) is 0 Å². The number of ether oxygens (including phenoxy) is 2. The second-order valence-corrected chi connectivity index (χ2v) is 8.01. The largest absolute Gasteiger partial charge is 0.454 e. The Balaban J connectivity index is 1.57. The lowest BCUT2D eigenvalue weighted by Gasteiger charge is -2.11. The highest BCUT2D eigenvalue weighted by Crippen LogP contribution is 2.38. The first-order valence-electron chi connectivity index (χ1n) is 9.14. The van der Waals surface area contributed by atoms with Gasteiger partial charge in [0.15, 0.2) is 11.5 Å². The number of hydrogen-bond donors (Lipinski definition) is 1. The number of nitrogens with zero attached hydrogens (tertiary/aromatic N) is 2. The van der Waals surface area contributed by atoms with E-state index in [0.29, 0.717) is 6.42 Å². The zero-order valence-corrected chi connectivity index (χ0v) is 16.5. The summed E-state index contributed by atoms with van der Waals surface area (Å²) in [6.07, 6.45) is 0.697. The summed E-state index contributed by atoms with van der Waals surface area (Å²) in [5.74, 6) is 3.16. The van der Waals surface area contributed by atoms with Gasteiger partial charge in [0.25, 0.3) is 0 Å². The van der Waals surface area contributed by atoms with E-state index in [1.54, 1.807) is 11.3 Å². The van der Waals surface area contributed by atoms with Gasteiger partial charge in [-0.05, 0) is 37.1 Å². The average molecular weight is 389 g/mol. The molecule has 0 saturated heterocycles. The van der Waals surface area contributed by atoms with E-state index in [-0.39, 0.29) is 6.79 Å². The summed E-state index contributed by atoms with van der Waals surface area (Å²) < 4.78 is 10.9. The van der Waals surface area contributed by atoms with E-state index in [1.807, 2.05) is 36.4 Å². The van der Waals surface area contributed by atoms with Gasteiger partial charge < -0.3 is 14.8 Å². The van der Waals surface area contributed by atoms with Crippen LogP contribution in [0.25, 0.3) is 10.2 Å². The van der Waals surface area contributed by atoms with Crippen molar-refractivity contribution in [3.05, 3.63) is 70.4 Å². The van der Waals surface area contributed by atoms with E-state index in [9.17, 15) is 0 Å². The normalized spacial score (nSPS) is 12.5. The topological polar surface area (TPSA) is 56.3 Å². The van der Waals surface area contributed by atoms with Crippen molar-refractivity contribution in [1.29, 1.82) is 0 Å². The van der Waals surface area contributed by atoms with Gasteiger partial charge >= 0.3 is 0 Å². The number of anilines is 2. The quantitative estimate of drug-likeness (QED) is 0.508. The first-order valence-corrected chi connectivity index (χ1v) is 9.96. The van der Waals surface area contributed by atoms with Crippen LogP contribution in [0.5, 0.6) is 11.5 Å². The van der Waals surface area contributed by atoms with E-state index in [2.05, 4.69) is 31.3 Å². The lowest BCUT2D eigenvalue weighted by molar-refractivity contribution is 0.174. The number of aromatic nitrogens is 2.